The predicted octanol–water partition coefficient (Wildman–Crippen LogP) is 1.99. The molecule has 1 atom stereocenters. The number of aliphatic hydroxyl groups excluding tert-OH is 1. The summed E-state index contributed by atoms with van der Waals surface area (Å²) in [5.74, 6) is 0. The zero-order valence-corrected chi connectivity index (χ0v) is 11.8. The van der Waals surface area contributed by atoms with Crippen molar-refractivity contribution in [2.45, 2.75) is 33.0 Å². The average molecular weight is 273 g/mol. The first-order valence-corrected chi connectivity index (χ1v) is 6.88. The number of aliphatic hydroxyl groups is 1. The summed E-state index contributed by atoms with van der Waals surface area (Å²) in [5, 5.41) is 11.1. The Morgan fingerprint density at radius 1 is 1.35 bits per heavy atom. The monoisotopic (exact) mass is 273 g/mol. The molecule has 0 saturated heterocycles. The minimum Gasteiger partial charge on any atom is -0.396 e. The van der Waals surface area contributed by atoms with Gasteiger partial charge in [0.05, 0.1) is 19.3 Å². The number of benzene rings is 1. The molecule has 0 saturated carbocycles. The standard InChI is InChI=1S/C16H19NO3/c1-16(2,9-18)14-7-13-12(8-20-14)10-5-3-4-6-11(10)15(19)17-13/h3-6,14,18H,7-9H2,1-2H3,(H,17,19)/t14-/m1/s1. The Morgan fingerprint density at radius 2 is 2.05 bits per heavy atom. The van der Waals surface area contributed by atoms with Gasteiger partial charge in [-0.15, -0.1) is 0 Å². The molecule has 0 aliphatic carbocycles. The molecular formula is C16H19NO3. The van der Waals surface area contributed by atoms with Crippen molar-refractivity contribution in [3.05, 3.63) is 45.9 Å². The molecule has 4 nitrogen and oxygen atoms in total. The number of aromatic amines is 1. The van der Waals surface area contributed by atoms with Crippen LogP contribution in [0.25, 0.3) is 10.8 Å². The van der Waals surface area contributed by atoms with Crippen molar-refractivity contribution >= 4 is 10.8 Å². The van der Waals surface area contributed by atoms with Gasteiger partial charge >= 0.3 is 0 Å². The van der Waals surface area contributed by atoms with E-state index in [9.17, 15) is 9.90 Å². The van der Waals surface area contributed by atoms with Crippen LogP contribution in [0.4, 0.5) is 0 Å². The van der Waals surface area contributed by atoms with Gasteiger partial charge in [-0.3, -0.25) is 4.79 Å². The maximum absolute atomic E-state index is 12.1. The highest BCUT2D eigenvalue weighted by atomic mass is 16.5. The Balaban J connectivity index is 2.10. The van der Waals surface area contributed by atoms with Crippen molar-refractivity contribution in [3.8, 4) is 0 Å². The fourth-order valence-corrected chi connectivity index (χ4v) is 2.76. The van der Waals surface area contributed by atoms with Gasteiger partial charge in [0.25, 0.3) is 5.56 Å². The molecule has 2 aromatic rings. The van der Waals surface area contributed by atoms with Crippen LogP contribution in [0.15, 0.2) is 29.1 Å². The molecular weight excluding hydrogens is 254 g/mol. The summed E-state index contributed by atoms with van der Waals surface area (Å²) in [7, 11) is 0. The van der Waals surface area contributed by atoms with Crippen LogP contribution in [-0.4, -0.2) is 22.8 Å². The molecule has 0 bridgehead atoms. The van der Waals surface area contributed by atoms with Crippen molar-refractivity contribution in [3.63, 3.8) is 0 Å². The number of hydrogen-bond acceptors (Lipinski definition) is 3. The SMILES string of the molecule is CC(C)(CO)[C@H]1Cc2[nH]c(=O)c3ccccc3c2CO1. The third-order valence-electron chi connectivity index (χ3n) is 4.22. The van der Waals surface area contributed by atoms with Gasteiger partial charge < -0.3 is 14.8 Å². The summed E-state index contributed by atoms with van der Waals surface area (Å²) in [5.41, 5.74) is 1.62. The number of hydrogen-bond donors (Lipinski definition) is 2. The first-order chi connectivity index (χ1) is 9.53. The highest BCUT2D eigenvalue weighted by Gasteiger charge is 2.34. The quantitative estimate of drug-likeness (QED) is 0.879. The van der Waals surface area contributed by atoms with Gasteiger partial charge in [-0.1, -0.05) is 32.0 Å². The van der Waals surface area contributed by atoms with Gasteiger partial charge in [0.2, 0.25) is 0 Å². The molecule has 1 aliphatic rings. The van der Waals surface area contributed by atoms with Crippen LogP contribution in [0.1, 0.15) is 25.1 Å². The Kier molecular flexibility index (Phi) is 3.15. The molecule has 0 fully saturated rings. The summed E-state index contributed by atoms with van der Waals surface area (Å²) in [6.45, 7) is 4.48. The third-order valence-corrected chi connectivity index (χ3v) is 4.22. The lowest BCUT2D eigenvalue weighted by atomic mass is 9.82. The number of aromatic nitrogens is 1. The molecule has 3 rings (SSSR count). The number of fused-ring (bicyclic) bond motifs is 3. The van der Waals surface area contributed by atoms with Crippen LogP contribution in [0.5, 0.6) is 0 Å². The van der Waals surface area contributed by atoms with E-state index in [-0.39, 0.29) is 23.7 Å². The van der Waals surface area contributed by atoms with E-state index in [2.05, 4.69) is 4.98 Å². The van der Waals surface area contributed by atoms with E-state index in [4.69, 9.17) is 4.74 Å². The molecule has 1 aliphatic heterocycles. The molecule has 0 unspecified atom stereocenters. The third kappa shape index (κ3) is 2.05. The van der Waals surface area contributed by atoms with Gasteiger partial charge in [-0.2, -0.15) is 0 Å². The second kappa shape index (κ2) is 4.72. The summed E-state index contributed by atoms with van der Waals surface area (Å²) in [6.07, 6.45) is 0.542. The van der Waals surface area contributed by atoms with E-state index >= 15 is 0 Å². The molecule has 2 N–H and O–H groups in total. The molecule has 0 radical (unpaired) electrons. The van der Waals surface area contributed by atoms with Crippen LogP contribution >= 0.6 is 0 Å². The molecule has 20 heavy (non-hydrogen) atoms. The molecule has 2 heterocycles. The number of nitrogens with one attached hydrogen (secondary N) is 1. The van der Waals surface area contributed by atoms with E-state index < -0.39 is 0 Å². The average Bonchev–Trinajstić information content (AvgIpc) is 2.47. The molecule has 1 aromatic heterocycles. The molecule has 0 spiro atoms. The fraction of sp³-hybridized carbons (Fsp3) is 0.438. The number of rotatable bonds is 2. The van der Waals surface area contributed by atoms with Crippen molar-refractivity contribution < 1.29 is 9.84 Å². The lowest BCUT2D eigenvalue weighted by molar-refractivity contribution is -0.0654. The predicted molar refractivity (Wildman–Crippen MR) is 77.7 cm³/mol. The summed E-state index contributed by atoms with van der Waals surface area (Å²) in [6, 6.07) is 7.60. The van der Waals surface area contributed by atoms with E-state index in [0.717, 1.165) is 16.6 Å². The van der Waals surface area contributed by atoms with Crippen molar-refractivity contribution in [1.82, 2.24) is 4.98 Å². The normalized spacial score (nSPS) is 19.1. The largest absolute Gasteiger partial charge is 0.396 e. The van der Waals surface area contributed by atoms with E-state index in [1.807, 2.05) is 38.1 Å². The Hall–Kier alpha value is -1.65. The van der Waals surface area contributed by atoms with Gasteiger partial charge in [0.1, 0.15) is 0 Å². The van der Waals surface area contributed by atoms with E-state index in [1.165, 1.54) is 0 Å². The first-order valence-electron chi connectivity index (χ1n) is 6.88. The van der Waals surface area contributed by atoms with Crippen LogP contribution in [-0.2, 0) is 17.8 Å². The zero-order valence-electron chi connectivity index (χ0n) is 11.8. The van der Waals surface area contributed by atoms with Crippen molar-refractivity contribution in [2.75, 3.05) is 6.61 Å². The molecule has 0 amide bonds. The van der Waals surface area contributed by atoms with Gasteiger partial charge in [-0.25, -0.2) is 0 Å². The second-order valence-corrected chi connectivity index (χ2v) is 6.11. The van der Waals surface area contributed by atoms with Gasteiger partial charge in [0.15, 0.2) is 0 Å². The molecule has 4 heteroatoms. The first kappa shape index (κ1) is 13.3. The summed E-state index contributed by atoms with van der Waals surface area (Å²) < 4.78 is 5.93. The topological polar surface area (TPSA) is 62.3 Å². The number of ether oxygens (including phenoxy) is 1. The highest BCUT2D eigenvalue weighted by molar-refractivity contribution is 5.85. The minimum atomic E-state index is -0.319. The zero-order chi connectivity index (χ0) is 14.3. The fourth-order valence-electron chi connectivity index (χ4n) is 2.76. The lowest BCUT2D eigenvalue weighted by Crippen LogP contribution is -2.40. The second-order valence-electron chi connectivity index (χ2n) is 6.11. The maximum Gasteiger partial charge on any atom is 0.256 e. The van der Waals surface area contributed by atoms with Crippen LogP contribution in [0, 0.1) is 5.41 Å². The molecule has 106 valence electrons. The van der Waals surface area contributed by atoms with E-state index in [0.29, 0.717) is 18.4 Å². The van der Waals surface area contributed by atoms with Crippen LogP contribution in [0.2, 0.25) is 0 Å². The molecule has 1 aromatic carbocycles. The lowest BCUT2D eigenvalue weighted by Gasteiger charge is -2.36. The Labute approximate surface area is 117 Å². The Bertz CT molecular complexity index is 702. The van der Waals surface area contributed by atoms with Crippen molar-refractivity contribution in [2.24, 2.45) is 5.41 Å². The summed E-state index contributed by atoms with van der Waals surface area (Å²) >= 11 is 0. The number of pyridine rings is 1. The van der Waals surface area contributed by atoms with Crippen LogP contribution in [0.3, 0.4) is 0 Å². The summed E-state index contributed by atoms with van der Waals surface area (Å²) in [4.78, 5) is 15.1. The van der Waals surface area contributed by atoms with Crippen molar-refractivity contribution in [1.29, 1.82) is 0 Å². The number of H-pyrrole nitrogens is 1. The smallest absolute Gasteiger partial charge is 0.256 e. The Morgan fingerprint density at radius 3 is 2.75 bits per heavy atom. The van der Waals surface area contributed by atoms with Gasteiger partial charge in [-0.05, 0) is 11.5 Å². The highest BCUT2D eigenvalue weighted by Crippen LogP contribution is 2.32. The van der Waals surface area contributed by atoms with Gasteiger partial charge in [0, 0.05) is 28.5 Å². The van der Waals surface area contributed by atoms with Crippen LogP contribution < -0.4 is 5.56 Å². The minimum absolute atomic E-state index is 0.0539. The van der Waals surface area contributed by atoms with E-state index in [1.54, 1.807) is 0 Å². The maximum atomic E-state index is 12.1.